The van der Waals surface area contributed by atoms with E-state index in [9.17, 15) is 0 Å². The van der Waals surface area contributed by atoms with Crippen molar-refractivity contribution in [1.29, 1.82) is 0 Å². The molecular formula is C14H29N3O. The number of hydrogen-bond acceptors (Lipinski definition) is 4. The number of nitrogens with zero attached hydrogens (tertiary/aromatic N) is 1. The number of likely N-dealkylation sites (tertiary alicyclic amines) is 1. The van der Waals surface area contributed by atoms with Crippen molar-refractivity contribution in [2.75, 3.05) is 39.3 Å². The first kappa shape index (κ1) is 14.3. The first-order valence-corrected chi connectivity index (χ1v) is 7.57. The van der Waals surface area contributed by atoms with Crippen LogP contribution in [0.25, 0.3) is 0 Å². The molecule has 0 saturated carbocycles. The monoisotopic (exact) mass is 255 g/mol. The van der Waals surface area contributed by atoms with Gasteiger partial charge in [-0.05, 0) is 51.7 Å². The van der Waals surface area contributed by atoms with Crippen LogP contribution in [0.15, 0.2) is 0 Å². The molecule has 2 aliphatic rings. The lowest BCUT2D eigenvalue weighted by atomic mass is 9.90. The summed E-state index contributed by atoms with van der Waals surface area (Å²) in [6, 6.07) is 0. The number of hydrogen-bond donors (Lipinski definition) is 2. The van der Waals surface area contributed by atoms with Crippen molar-refractivity contribution in [3.63, 3.8) is 0 Å². The quantitative estimate of drug-likeness (QED) is 0.768. The second-order valence-corrected chi connectivity index (χ2v) is 5.79. The van der Waals surface area contributed by atoms with Gasteiger partial charge in [0.05, 0.1) is 6.10 Å². The van der Waals surface area contributed by atoms with E-state index in [0.717, 1.165) is 26.2 Å². The average molecular weight is 255 g/mol. The van der Waals surface area contributed by atoms with Crippen LogP contribution in [0.3, 0.4) is 0 Å². The lowest BCUT2D eigenvalue weighted by Gasteiger charge is -2.34. The van der Waals surface area contributed by atoms with Gasteiger partial charge in [-0.2, -0.15) is 0 Å². The minimum Gasteiger partial charge on any atom is -0.377 e. The molecule has 0 aromatic heterocycles. The highest BCUT2D eigenvalue weighted by atomic mass is 16.5. The molecule has 0 spiro atoms. The Morgan fingerprint density at radius 3 is 2.89 bits per heavy atom. The van der Waals surface area contributed by atoms with Crippen LogP contribution in [0.4, 0.5) is 0 Å². The van der Waals surface area contributed by atoms with Crippen LogP contribution >= 0.6 is 0 Å². The van der Waals surface area contributed by atoms with Crippen molar-refractivity contribution in [1.82, 2.24) is 10.2 Å². The van der Waals surface area contributed by atoms with Gasteiger partial charge in [0, 0.05) is 25.2 Å². The molecule has 3 N–H and O–H groups in total. The molecule has 2 fully saturated rings. The van der Waals surface area contributed by atoms with Gasteiger partial charge in [-0.15, -0.1) is 0 Å². The van der Waals surface area contributed by atoms with Gasteiger partial charge < -0.3 is 20.7 Å². The zero-order valence-corrected chi connectivity index (χ0v) is 11.8. The van der Waals surface area contributed by atoms with Crippen molar-refractivity contribution < 1.29 is 4.74 Å². The summed E-state index contributed by atoms with van der Waals surface area (Å²) in [4.78, 5) is 2.53. The lowest BCUT2D eigenvalue weighted by molar-refractivity contribution is 0.0988. The second-order valence-electron chi connectivity index (χ2n) is 5.79. The predicted octanol–water partition coefficient (Wildman–Crippen LogP) is 0.958. The fourth-order valence-corrected chi connectivity index (χ4v) is 3.15. The van der Waals surface area contributed by atoms with Gasteiger partial charge in [0.25, 0.3) is 0 Å². The van der Waals surface area contributed by atoms with Crippen molar-refractivity contribution in [2.45, 2.75) is 50.7 Å². The van der Waals surface area contributed by atoms with Gasteiger partial charge in [0.2, 0.25) is 0 Å². The number of nitrogens with one attached hydrogen (secondary N) is 1. The summed E-state index contributed by atoms with van der Waals surface area (Å²) in [5.41, 5.74) is 6.21. The van der Waals surface area contributed by atoms with E-state index >= 15 is 0 Å². The van der Waals surface area contributed by atoms with E-state index < -0.39 is 0 Å². The minimum absolute atomic E-state index is 0.149. The van der Waals surface area contributed by atoms with E-state index in [1.54, 1.807) is 0 Å². The molecule has 0 amide bonds. The van der Waals surface area contributed by atoms with Gasteiger partial charge in [-0.3, -0.25) is 0 Å². The molecule has 0 aromatic carbocycles. The standard InChI is InChI=1S/C14H29N3O/c1-2-17-8-4-6-14(12-15,7-9-17)16-11-13-5-3-10-18-13/h13,16H,2-12,15H2,1H3. The molecular weight excluding hydrogens is 226 g/mol. The summed E-state index contributed by atoms with van der Waals surface area (Å²) >= 11 is 0. The van der Waals surface area contributed by atoms with Crippen LogP contribution in [0, 0.1) is 0 Å². The molecule has 2 heterocycles. The number of ether oxygens (including phenoxy) is 1. The largest absolute Gasteiger partial charge is 0.377 e. The molecule has 2 aliphatic heterocycles. The molecule has 2 saturated heterocycles. The topological polar surface area (TPSA) is 50.5 Å². The van der Waals surface area contributed by atoms with E-state index in [1.807, 2.05) is 0 Å². The number of rotatable bonds is 5. The van der Waals surface area contributed by atoms with Gasteiger partial charge in [0.1, 0.15) is 0 Å². The van der Waals surface area contributed by atoms with Crippen LogP contribution in [0.1, 0.15) is 39.0 Å². The maximum atomic E-state index is 6.06. The van der Waals surface area contributed by atoms with E-state index in [-0.39, 0.29) is 5.54 Å². The van der Waals surface area contributed by atoms with Crippen LogP contribution in [0.5, 0.6) is 0 Å². The third-order valence-electron chi connectivity index (χ3n) is 4.60. The van der Waals surface area contributed by atoms with E-state index in [4.69, 9.17) is 10.5 Å². The van der Waals surface area contributed by atoms with Crippen molar-refractivity contribution >= 4 is 0 Å². The number of nitrogens with two attached hydrogens (primary N) is 1. The van der Waals surface area contributed by atoms with Crippen LogP contribution in [0.2, 0.25) is 0 Å². The van der Waals surface area contributed by atoms with Crippen molar-refractivity contribution in [2.24, 2.45) is 5.73 Å². The Bertz CT molecular complexity index is 243. The SMILES string of the molecule is CCN1CCCC(CN)(NCC2CCCO2)CC1. The Kier molecular flexibility index (Phi) is 5.42. The Morgan fingerprint density at radius 1 is 1.33 bits per heavy atom. The molecule has 0 aromatic rings. The van der Waals surface area contributed by atoms with Crippen LogP contribution < -0.4 is 11.1 Å². The van der Waals surface area contributed by atoms with Crippen LogP contribution in [-0.2, 0) is 4.74 Å². The smallest absolute Gasteiger partial charge is 0.0700 e. The minimum atomic E-state index is 0.149. The summed E-state index contributed by atoms with van der Waals surface area (Å²) in [6.45, 7) is 8.46. The molecule has 0 bridgehead atoms. The highest BCUT2D eigenvalue weighted by Gasteiger charge is 2.31. The first-order valence-electron chi connectivity index (χ1n) is 7.57. The Morgan fingerprint density at radius 2 is 2.22 bits per heavy atom. The normalized spacial score (nSPS) is 34.7. The van der Waals surface area contributed by atoms with Crippen molar-refractivity contribution in [3.05, 3.63) is 0 Å². The van der Waals surface area contributed by atoms with E-state index in [2.05, 4.69) is 17.1 Å². The summed E-state index contributed by atoms with van der Waals surface area (Å²) in [6.07, 6.45) is 6.46. The summed E-state index contributed by atoms with van der Waals surface area (Å²) in [7, 11) is 0. The molecule has 0 aliphatic carbocycles. The molecule has 4 nitrogen and oxygen atoms in total. The molecule has 106 valence electrons. The zero-order chi connectivity index (χ0) is 12.8. The van der Waals surface area contributed by atoms with Crippen LogP contribution in [-0.4, -0.2) is 55.9 Å². The molecule has 4 heteroatoms. The lowest BCUT2D eigenvalue weighted by Crippen LogP contribution is -2.53. The second kappa shape index (κ2) is 6.85. The third kappa shape index (κ3) is 3.67. The fourth-order valence-electron chi connectivity index (χ4n) is 3.15. The predicted molar refractivity (Wildman–Crippen MR) is 74.7 cm³/mol. The van der Waals surface area contributed by atoms with E-state index in [1.165, 1.54) is 45.2 Å². The Labute approximate surface area is 111 Å². The molecule has 0 radical (unpaired) electrons. The third-order valence-corrected chi connectivity index (χ3v) is 4.60. The van der Waals surface area contributed by atoms with Gasteiger partial charge in [-0.25, -0.2) is 0 Å². The van der Waals surface area contributed by atoms with Gasteiger partial charge in [-0.1, -0.05) is 6.92 Å². The van der Waals surface area contributed by atoms with Gasteiger partial charge >= 0.3 is 0 Å². The zero-order valence-electron chi connectivity index (χ0n) is 11.8. The van der Waals surface area contributed by atoms with E-state index in [0.29, 0.717) is 6.10 Å². The molecule has 18 heavy (non-hydrogen) atoms. The first-order chi connectivity index (χ1) is 8.78. The summed E-state index contributed by atoms with van der Waals surface area (Å²) in [5.74, 6) is 0. The summed E-state index contributed by atoms with van der Waals surface area (Å²) in [5, 5.41) is 3.73. The molecule has 2 unspecified atom stereocenters. The highest BCUT2D eigenvalue weighted by molar-refractivity contribution is 4.93. The fraction of sp³-hybridized carbons (Fsp3) is 1.00. The maximum Gasteiger partial charge on any atom is 0.0700 e. The maximum absolute atomic E-state index is 6.06. The average Bonchev–Trinajstić information content (AvgIpc) is 2.83. The van der Waals surface area contributed by atoms with Crippen molar-refractivity contribution in [3.8, 4) is 0 Å². The molecule has 2 rings (SSSR count). The highest BCUT2D eigenvalue weighted by Crippen LogP contribution is 2.22. The Balaban J connectivity index is 1.84. The Hall–Kier alpha value is -0.160. The van der Waals surface area contributed by atoms with Gasteiger partial charge in [0.15, 0.2) is 0 Å². The summed E-state index contributed by atoms with van der Waals surface area (Å²) < 4.78 is 5.69. The molecule has 2 atom stereocenters.